The Morgan fingerprint density at radius 2 is 1.85 bits per heavy atom. The first-order valence-corrected chi connectivity index (χ1v) is 6.77. The van der Waals surface area contributed by atoms with Crippen molar-refractivity contribution in [1.29, 1.82) is 0 Å². The summed E-state index contributed by atoms with van der Waals surface area (Å²) in [5.74, 6) is -0.173. The van der Waals surface area contributed by atoms with Gasteiger partial charge in [-0.1, -0.05) is 35.4 Å². The van der Waals surface area contributed by atoms with Crippen molar-refractivity contribution in [3.05, 3.63) is 64.2 Å². The zero-order chi connectivity index (χ0) is 14.7. The molecule has 1 amide bonds. The van der Waals surface area contributed by atoms with Crippen molar-refractivity contribution >= 4 is 23.2 Å². The van der Waals surface area contributed by atoms with Gasteiger partial charge in [0.05, 0.1) is 11.6 Å². The van der Waals surface area contributed by atoms with Crippen LogP contribution < -0.4 is 11.1 Å². The number of halogens is 1. The van der Waals surface area contributed by atoms with Crippen LogP contribution in [0.1, 0.15) is 34.5 Å². The fourth-order valence-corrected chi connectivity index (χ4v) is 2.10. The van der Waals surface area contributed by atoms with E-state index >= 15 is 0 Å². The van der Waals surface area contributed by atoms with Gasteiger partial charge < -0.3 is 11.1 Å². The van der Waals surface area contributed by atoms with E-state index in [4.69, 9.17) is 17.3 Å². The number of carbonyl (C=O) groups is 1. The normalized spacial score (nSPS) is 11.9. The van der Waals surface area contributed by atoms with Gasteiger partial charge in [-0.3, -0.25) is 4.79 Å². The van der Waals surface area contributed by atoms with Crippen molar-refractivity contribution in [2.45, 2.75) is 19.9 Å². The van der Waals surface area contributed by atoms with E-state index in [1.807, 2.05) is 32.0 Å². The molecule has 0 radical (unpaired) electrons. The van der Waals surface area contributed by atoms with Crippen LogP contribution in [-0.2, 0) is 0 Å². The van der Waals surface area contributed by atoms with E-state index in [9.17, 15) is 4.79 Å². The predicted molar refractivity (Wildman–Crippen MR) is 82.9 cm³/mol. The lowest BCUT2D eigenvalue weighted by Gasteiger charge is -2.15. The molecule has 3 nitrogen and oxygen atoms in total. The maximum absolute atomic E-state index is 12.3. The Kier molecular flexibility index (Phi) is 4.30. The van der Waals surface area contributed by atoms with Crippen molar-refractivity contribution in [3.8, 4) is 0 Å². The third-order valence-electron chi connectivity index (χ3n) is 3.17. The summed E-state index contributed by atoms with van der Waals surface area (Å²) in [4.78, 5) is 12.3. The van der Waals surface area contributed by atoms with Crippen LogP contribution in [0, 0.1) is 6.92 Å². The van der Waals surface area contributed by atoms with Gasteiger partial charge in [0.25, 0.3) is 5.91 Å². The maximum atomic E-state index is 12.3. The second-order valence-electron chi connectivity index (χ2n) is 4.84. The second kappa shape index (κ2) is 5.97. The minimum atomic E-state index is -0.173. The van der Waals surface area contributed by atoms with Crippen LogP contribution in [0.2, 0.25) is 5.02 Å². The summed E-state index contributed by atoms with van der Waals surface area (Å²) in [6.45, 7) is 3.85. The number of nitrogens with two attached hydrogens (primary N) is 1. The fourth-order valence-electron chi connectivity index (χ4n) is 1.98. The molecule has 0 aliphatic carbocycles. The molecular weight excluding hydrogens is 272 g/mol. The number of carbonyl (C=O) groups excluding carboxylic acids is 1. The highest BCUT2D eigenvalue weighted by atomic mass is 35.5. The Morgan fingerprint density at radius 1 is 1.20 bits per heavy atom. The van der Waals surface area contributed by atoms with E-state index in [-0.39, 0.29) is 11.9 Å². The van der Waals surface area contributed by atoms with Gasteiger partial charge >= 0.3 is 0 Å². The molecule has 0 aliphatic heterocycles. The molecule has 3 N–H and O–H groups in total. The Bertz CT molecular complexity index is 623. The number of nitrogens with one attached hydrogen (secondary N) is 1. The van der Waals surface area contributed by atoms with E-state index in [1.165, 1.54) is 0 Å². The van der Waals surface area contributed by atoms with Gasteiger partial charge in [-0.25, -0.2) is 0 Å². The Morgan fingerprint density at radius 3 is 2.50 bits per heavy atom. The first-order chi connectivity index (χ1) is 9.47. The van der Waals surface area contributed by atoms with Crippen LogP contribution in [0.15, 0.2) is 42.5 Å². The summed E-state index contributed by atoms with van der Waals surface area (Å²) >= 11 is 5.85. The van der Waals surface area contributed by atoms with Gasteiger partial charge in [-0.15, -0.1) is 0 Å². The van der Waals surface area contributed by atoms with E-state index in [1.54, 1.807) is 24.3 Å². The smallest absolute Gasteiger partial charge is 0.253 e. The molecule has 0 unspecified atom stereocenters. The number of hydrogen-bond donors (Lipinski definition) is 2. The number of benzene rings is 2. The quantitative estimate of drug-likeness (QED) is 0.846. The topological polar surface area (TPSA) is 55.1 Å². The van der Waals surface area contributed by atoms with Gasteiger partial charge in [0.15, 0.2) is 0 Å². The van der Waals surface area contributed by atoms with Crippen LogP contribution in [0.3, 0.4) is 0 Å². The second-order valence-corrected chi connectivity index (χ2v) is 5.27. The fraction of sp³-hybridized carbons (Fsp3) is 0.188. The SMILES string of the molecule is Cc1ccc(N)c(C(=O)N[C@H](C)c2ccc(Cl)cc2)c1. The highest BCUT2D eigenvalue weighted by molar-refractivity contribution is 6.30. The minimum Gasteiger partial charge on any atom is -0.398 e. The van der Waals surface area contributed by atoms with E-state index in [0.717, 1.165) is 11.1 Å². The predicted octanol–water partition coefficient (Wildman–Crippen LogP) is 3.72. The lowest BCUT2D eigenvalue weighted by Crippen LogP contribution is -2.27. The molecule has 4 heteroatoms. The lowest BCUT2D eigenvalue weighted by atomic mass is 10.1. The number of nitrogen functional groups attached to an aromatic ring is 1. The summed E-state index contributed by atoms with van der Waals surface area (Å²) in [5, 5.41) is 3.61. The molecule has 0 fully saturated rings. The third kappa shape index (κ3) is 3.31. The Balaban J connectivity index is 2.15. The molecule has 0 aromatic heterocycles. The van der Waals surface area contributed by atoms with Crippen molar-refractivity contribution in [3.63, 3.8) is 0 Å². The molecule has 1 atom stereocenters. The maximum Gasteiger partial charge on any atom is 0.253 e. The molecule has 0 spiro atoms. The Hall–Kier alpha value is -2.00. The minimum absolute atomic E-state index is 0.111. The first-order valence-electron chi connectivity index (χ1n) is 6.40. The molecule has 2 rings (SSSR count). The Labute approximate surface area is 123 Å². The van der Waals surface area contributed by atoms with Crippen LogP contribution >= 0.6 is 11.6 Å². The molecule has 0 saturated heterocycles. The number of aryl methyl sites for hydroxylation is 1. The van der Waals surface area contributed by atoms with Crippen LogP contribution in [0.25, 0.3) is 0 Å². The van der Waals surface area contributed by atoms with Gasteiger partial charge in [-0.05, 0) is 43.7 Å². The zero-order valence-corrected chi connectivity index (χ0v) is 12.2. The van der Waals surface area contributed by atoms with Gasteiger partial charge in [0, 0.05) is 10.7 Å². The average molecular weight is 289 g/mol. The summed E-state index contributed by atoms with van der Waals surface area (Å²) in [5.41, 5.74) is 8.83. The van der Waals surface area contributed by atoms with E-state index < -0.39 is 0 Å². The van der Waals surface area contributed by atoms with Crippen molar-refractivity contribution in [2.24, 2.45) is 0 Å². The third-order valence-corrected chi connectivity index (χ3v) is 3.42. The van der Waals surface area contributed by atoms with Crippen LogP contribution in [-0.4, -0.2) is 5.91 Å². The van der Waals surface area contributed by atoms with Crippen molar-refractivity contribution in [1.82, 2.24) is 5.32 Å². The molecular formula is C16H17ClN2O. The summed E-state index contributed by atoms with van der Waals surface area (Å²) in [7, 11) is 0. The average Bonchev–Trinajstić information content (AvgIpc) is 2.42. The van der Waals surface area contributed by atoms with Gasteiger partial charge in [0.1, 0.15) is 0 Å². The lowest BCUT2D eigenvalue weighted by molar-refractivity contribution is 0.0940. The van der Waals surface area contributed by atoms with Crippen molar-refractivity contribution < 1.29 is 4.79 Å². The van der Waals surface area contributed by atoms with Crippen LogP contribution in [0.5, 0.6) is 0 Å². The summed E-state index contributed by atoms with van der Waals surface area (Å²) < 4.78 is 0. The molecule has 20 heavy (non-hydrogen) atoms. The van der Waals surface area contributed by atoms with E-state index in [2.05, 4.69) is 5.32 Å². The van der Waals surface area contributed by atoms with Crippen molar-refractivity contribution in [2.75, 3.05) is 5.73 Å². The molecule has 2 aromatic carbocycles. The highest BCUT2D eigenvalue weighted by Crippen LogP contribution is 2.18. The molecule has 0 heterocycles. The number of rotatable bonds is 3. The molecule has 2 aromatic rings. The molecule has 104 valence electrons. The monoisotopic (exact) mass is 288 g/mol. The number of anilines is 1. The molecule has 0 bridgehead atoms. The zero-order valence-electron chi connectivity index (χ0n) is 11.5. The largest absolute Gasteiger partial charge is 0.398 e. The number of amides is 1. The summed E-state index contributed by atoms with van der Waals surface area (Å²) in [6.07, 6.45) is 0. The molecule has 0 aliphatic rings. The summed E-state index contributed by atoms with van der Waals surface area (Å²) in [6, 6.07) is 12.7. The first kappa shape index (κ1) is 14.4. The van der Waals surface area contributed by atoms with Crippen LogP contribution in [0.4, 0.5) is 5.69 Å². The van der Waals surface area contributed by atoms with Gasteiger partial charge in [0.2, 0.25) is 0 Å². The van der Waals surface area contributed by atoms with Gasteiger partial charge in [-0.2, -0.15) is 0 Å². The molecule has 0 saturated carbocycles. The number of hydrogen-bond acceptors (Lipinski definition) is 2. The van der Waals surface area contributed by atoms with E-state index in [0.29, 0.717) is 16.3 Å². The standard InChI is InChI=1S/C16H17ClN2O/c1-10-3-8-15(18)14(9-10)16(20)19-11(2)12-4-6-13(17)7-5-12/h3-9,11H,18H2,1-2H3,(H,19,20)/t11-/m1/s1. The highest BCUT2D eigenvalue weighted by Gasteiger charge is 2.13.